The number of ether oxygens (including phenoxy) is 1. The van der Waals surface area contributed by atoms with Gasteiger partial charge in [0.15, 0.2) is 0 Å². The minimum absolute atomic E-state index is 0.0144. The van der Waals surface area contributed by atoms with E-state index in [1.54, 1.807) is 18.1 Å². The molecule has 2 heterocycles. The minimum atomic E-state index is -0.0780. The van der Waals surface area contributed by atoms with Crippen molar-refractivity contribution in [2.45, 2.75) is 45.1 Å². The SMILES string of the molecule is CCOc1cc(C(=O)N(C)C2CCCCC2)ccc1Nc1cc2c(cn1)N(C)C(=O)c1ccccc1N2C. The van der Waals surface area contributed by atoms with Gasteiger partial charge in [-0.05, 0) is 50.1 Å². The van der Waals surface area contributed by atoms with Crippen LogP contribution < -0.4 is 19.9 Å². The quantitative estimate of drug-likeness (QED) is 0.437. The third-order valence-corrected chi connectivity index (χ3v) is 7.62. The summed E-state index contributed by atoms with van der Waals surface area (Å²) >= 11 is 0. The lowest BCUT2D eigenvalue weighted by Gasteiger charge is -2.31. The van der Waals surface area contributed by atoms with Crippen molar-refractivity contribution in [3.8, 4) is 5.75 Å². The number of hydrogen-bond donors (Lipinski definition) is 1. The maximum absolute atomic E-state index is 13.3. The fraction of sp³-hybridized carbons (Fsp3) is 0.367. The van der Waals surface area contributed by atoms with Gasteiger partial charge < -0.3 is 24.8 Å². The number of fused-ring (bicyclic) bond motifs is 2. The van der Waals surface area contributed by atoms with Gasteiger partial charge in [-0.1, -0.05) is 31.4 Å². The largest absolute Gasteiger partial charge is 0.492 e. The molecule has 198 valence electrons. The summed E-state index contributed by atoms with van der Waals surface area (Å²) in [5.74, 6) is 1.14. The summed E-state index contributed by atoms with van der Waals surface area (Å²) in [7, 11) is 5.61. The van der Waals surface area contributed by atoms with Crippen LogP contribution in [0.15, 0.2) is 54.7 Å². The Hall–Kier alpha value is -4.07. The Morgan fingerprint density at radius 1 is 1.03 bits per heavy atom. The summed E-state index contributed by atoms with van der Waals surface area (Å²) in [4.78, 5) is 36.5. The lowest BCUT2D eigenvalue weighted by molar-refractivity contribution is 0.0695. The molecule has 5 rings (SSSR count). The number of nitrogens with one attached hydrogen (secondary N) is 1. The zero-order chi connectivity index (χ0) is 26.8. The van der Waals surface area contributed by atoms with Gasteiger partial charge in [-0.3, -0.25) is 9.59 Å². The van der Waals surface area contributed by atoms with Crippen LogP contribution in [0.2, 0.25) is 0 Å². The van der Waals surface area contributed by atoms with E-state index in [9.17, 15) is 9.59 Å². The van der Waals surface area contributed by atoms with Gasteiger partial charge in [0.2, 0.25) is 0 Å². The topological polar surface area (TPSA) is 78.0 Å². The molecule has 2 aromatic carbocycles. The molecule has 0 unspecified atom stereocenters. The molecule has 1 aliphatic carbocycles. The average molecular weight is 514 g/mol. The number of carbonyl (C=O) groups is 2. The van der Waals surface area contributed by atoms with Crippen LogP contribution in [0.1, 0.15) is 59.7 Å². The fourth-order valence-electron chi connectivity index (χ4n) is 5.41. The highest BCUT2D eigenvalue weighted by Gasteiger charge is 2.28. The number of hydrogen-bond acceptors (Lipinski definition) is 6. The highest BCUT2D eigenvalue weighted by atomic mass is 16.5. The van der Waals surface area contributed by atoms with Crippen LogP contribution in [0.3, 0.4) is 0 Å². The first-order valence-corrected chi connectivity index (χ1v) is 13.3. The Morgan fingerprint density at radius 3 is 2.55 bits per heavy atom. The lowest BCUT2D eigenvalue weighted by atomic mass is 9.94. The second kappa shape index (κ2) is 10.7. The molecule has 1 aliphatic heterocycles. The average Bonchev–Trinajstić information content (AvgIpc) is 3.03. The standard InChI is InChI=1S/C30H35N5O3/c1-5-38-27-17-20(29(36)33(2)21-11-7-6-8-12-21)15-16-23(27)32-28-18-25-26(19-31-28)35(4)30(37)22-13-9-10-14-24(22)34(25)3/h9-10,13-19,21H,5-8,11-12H2,1-4H3,(H,31,32). The molecule has 8 nitrogen and oxygen atoms in total. The van der Waals surface area contributed by atoms with Crippen molar-refractivity contribution in [1.82, 2.24) is 9.88 Å². The monoisotopic (exact) mass is 513 g/mol. The maximum atomic E-state index is 13.3. The number of benzene rings is 2. The summed E-state index contributed by atoms with van der Waals surface area (Å²) in [6.07, 6.45) is 7.42. The Bertz CT molecular complexity index is 1350. The lowest BCUT2D eigenvalue weighted by Crippen LogP contribution is -2.38. The van der Waals surface area contributed by atoms with Gasteiger partial charge in [-0.25, -0.2) is 4.98 Å². The smallest absolute Gasteiger partial charge is 0.260 e. The van der Waals surface area contributed by atoms with E-state index in [2.05, 4.69) is 10.3 Å². The molecule has 2 aliphatic rings. The van der Waals surface area contributed by atoms with Gasteiger partial charge in [0.1, 0.15) is 11.6 Å². The number of anilines is 5. The van der Waals surface area contributed by atoms with Crippen LogP contribution >= 0.6 is 0 Å². The number of nitrogens with zero attached hydrogens (tertiary/aromatic N) is 4. The summed E-state index contributed by atoms with van der Waals surface area (Å²) in [5.41, 5.74) is 4.37. The van der Waals surface area contributed by atoms with Crippen LogP contribution in [0, 0.1) is 0 Å². The second-order valence-corrected chi connectivity index (χ2v) is 9.98. The molecule has 8 heteroatoms. The van der Waals surface area contributed by atoms with Crippen molar-refractivity contribution in [2.24, 2.45) is 0 Å². The van der Waals surface area contributed by atoms with Gasteiger partial charge in [-0.15, -0.1) is 0 Å². The molecule has 1 N–H and O–H groups in total. The molecular weight excluding hydrogens is 478 g/mol. The van der Waals surface area contributed by atoms with Crippen molar-refractivity contribution in [1.29, 1.82) is 0 Å². The third kappa shape index (κ3) is 4.78. The van der Waals surface area contributed by atoms with E-state index < -0.39 is 0 Å². The van der Waals surface area contributed by atoms with E-state index in [1.165, 1.54) is 19.3 Å². The van der Waals surface area contributed by atoms with Gasteiger partial charge in [0, 0.05) is 38.8 Å². The van der Waals surface area contributed by atoms with E-state index in [0.717, 1.165) is 35.6 Å². The second-order valence-electron chi connectivity index (χ2n) is 9.98. The molecule has 0 bridgehead atoms. The van der Waals surface area contributed by atoms with Crippen molar-refractivity contribution in [3.05, 3.63) is 65.9 Å². The van der Waals surface area contributed by atoms with Crippen LogP contribution in [0.5, 0.6) is 5.75 Å². The van der Waals surface area contributed by atoms with Crippen molar-refractivity contribution in [3.63, 3.8) is 0 Å². The molecular formula is C30H35N5O3. The molecule has 0 saturated heterocycles. The number of rotatable bonds is 6. The normalized spacial score (nSPS) is 15.4. The third-order valence-electron chi connectivity index (χ3n) is 7.62. The molecule has 0 atom stereocenters. The van der Waals surface area contributed by atoms with Gasteiger partial charge >= 0.3 is 0 Å². The predicted octanol–water partition coefficient (Wildman–Crippen LogP) is 5.99. The van der Waals surface area contributed by atoms with E-state index in [0.29, 0.717) is 35.3 Å². The highest BCUT2D eigenvalue weighted by molar-refractivity contribution is 6.13. The van der Waals surface area contributed by atoms with Crippen LogP contribution in [0.4, 0.5) is 28.6 Å². The number of para-hydroxylation sites is 1. The number of carbonyl (C=O) groups excluding carboxylic acids is 2. The van der Waals surface area contributed by atoms with E-state index >= 15 is 0 Å². The molecule has 38 heavy (non-hydrogen) atoms. The molecule has 1 fully saturated rings. The summed E-state index contributed by atoms with van der Waals surface area (Å²) < 4.78 is 5.93. The summed E-state index contributed by atoms with van der Waals surface area (Å²) in [6.45, 7) is 2.39. The van der Waals surface area contributed by atoms with Crippen LogP contribution in [-0.2, 0) is 0 Å². The molecule has 0 spiro atoms. The minimum Gasteiger partial charge on any atom is -0.492 e. The number of amides is 2. The summed E-state index contributed by atoms with van der Waals surface area (Å²) in [6, 6.07) is 15.3. The molecule has 1 saturated carbocycles. The number of pyridine rings is 1. The van der Waals surface area contributed by atoms with Crippen molar-refractivity contribution >= 4 is 40.4 Å². The Labute approximate surface area is 224 Å². The Balaban J connectivity index is 1.43. The van der Waals surface area contributed by atoms with Gasteiger partial charge in [0.05, 0.1) is 41.1 Å². The van der Waals surface area contributed by atoms with Crippen molar-refractivity contribution in [2.75, 3.05) is 42.9 Å². The summed E-state index contributed by atoms with van der Waals surface area (Å²) in [5, 5.41) is 3.37. The predicted molar refractivity (Wildman–Crippen MR) is 151 cm³/mol. The van der Waals surface area contributed by atoms with Crippen LogP contribution in [0.25, 0.3) is 0 Å². The molecule has 3 aromatic rings. The molecule has 0 radical (unpaired) electrons. The van der Waals surface area contributed by atoms with E-state index in [1.807, 2.05) is 79.3 Å². The maximum Gasteiger partial charge on any atom is 0.260 e. The Kier molecular flexibility index (Phi) is 7.22. The van der Waals surface area contributed by atoms with Gasteiger partial charge in [-0.2, -0.15) is 0 Å². The number of aromatic nitrogens is 1. The Morgan fingerprint density at radius 2 is 1.79 bits per heavy atom. The fourth-order valence-corrected chi connectivity index (χ4v) is 5.41. The van der Waals surface area contributed by atoms with E-state index in [4.69, 9.17) is 4.74 Å². The first-order valence-electron chi connectivity index (χ1n) is 13.3. The van der Waals surface area contributed by atoms with Crippen LogP contribution in [-0.4, -0.2) is 55.5 Å². The zero-order valence-corrected chi connectivity index (χ0v) is 22.5. The zero-order valence-electron chi connectivity index (χ0n) is 22.5. The molecule has 1 aromatic heterocycles. The van der Waals surface area contributed by atoms with Crippen molar-refractivity contribution < 1.29 is 14.3 Å². The highest BCUT2D eigenvalue weighted by Crippen LogP contribution is 2.40. The molecule has 2 amide bonds. The first kappa shape index (κ1) is 25.6. The van der Waals surface area contributed by atoms with E-state index in [-0.39, 0.29) is 11.8 Å². The first-order chi connectivity index (χ1) is 18.4. The van der Waals surface area contributed by atoms with Gasteiger partial charge in [0.25, 0.3) is 11.8 Å².